The van der Waals surface area contributed by atoms with Gasteiger partial charge in [0.1, 0.15) is 5.82 Å². The van der Waals surface area contributed by atoms with Crippen LogP contribution in [0.15, 0.2) is 85.1 Å². The molecule has 6 heteroatoms. The molecule has 2 aromatic heterocycles. The number of nitrogens with zero attached hydrogens (tertiary/aromatic N) is 5. The Bertz CT molecular complexity index is 2210. The summed E-state index contributed by atoms with van der Waals surface area (Å²) in [5.74, 6) is 0.903. The number of para-hydroxylation sites is 1. The number of hydrogen-bond donors (Lipinski definition) is 0. The van der Waals surface area contributed by atoms with Crippen molar-refractivity contribution in [2.24, 2.45) is 0 Å². The molecule has 0 radical (unpaired) electrons. The molecule has 4 aromatic carbocycles. The maximum Gasteiger partial charge on any atom is 0.135 e. The zero-order valence-electron chi connectivity index (χ0n) is 31.2. The van der Waals surface area contributed by atoms with Gasteiger partial charge in [-0.25, -0.2) is 4.98 Å². The van der Waals surface area contributed by atoms with Crippen molar-refractivity contribution < 1.29 is 21.1 Å². The van der Waals surface area contributed by atoms with Gasteiger partial charge in [-0.3, -0.25) is 0 Å². The number of pyridine rings is 1. The van der Waals surface area contributed by atoms with Crippen LogP contribution < -0.4 is 14.7 Å². The Balaban J connectivity index is 0.00000432. The summed E-state index contributed by atoms with van der Waals surface area (Å²) >= 11 is 0. The summed E-state index contributed by atoms with van der Waals surface area (Å²) in [4.78, 5) is 11.6. The minimum absolute atomic E-state index is 0. The van der Waals surface area contributed by atoms with E-state index in [4.69, 9.17) is 4.98 Å². The van der Waals surface area contributed by atoms with Crippen molar-refractivity contribution >= 4 is 50.2 Å². The molecule has 0 amide bonds. The second-order valence-electron chi connectivity index (χ2n) is 16.6. The molecule has 7 rings (SSSR count). The van der Waals surface area contributed by atoms with Crippen LogP contribution in [-0.2, 0) is 37.3 Å². The quantitative estimate of drug-likeness (QED) is 0.165. The summed E-state index contributed by atoms with van der Waals surface area (Å²) in [5.41, 5.74) is 11.3. The second kappa shape index (κ2) is 12.6. The summed E-state index contributed by atoms with van der Waals surface area (Å²) in [5, 5.41) is 2.35. The normalized spacial score (nSPS) is 13.6. The fourth-order valence-corrected chi connectivity index (χ4v) is 6.70. The first-order valence-corrected chi connectivity index (χ1v) is 17.3. The van der Waals surface area contributed by atoms with Crippen LogP contribution in [0.2, 0.25) is 0 Å². The van der Waals surface area contributed by atoms with Crippen LogP contribution in [0.5, 0.6) is 0 Å². The van der Waals surface area contributed by atoms with Crippen LogP contribution in [0.25, 0.3) is 27.6 Å². The Hall–Kier alpha value is -4.08. The number of benzene rings is 4. The predicted molar refractivity (Wildman–Crippen MR) is 208 cm³/mol. The standard InChI is InChI=1S/C44H48N5.Pt/c1-42(2,3)29-16-19-38-40(24-29)46(10)28-48(38)34-23-31(44(7,8)9)22-33(26-34)47(11)32-17-18-36-35-14-12-13-15-37(35)49(39(36)27-32)41-25-30(20-21-45-41)43(4,5)6;/h12-25,28H,1-11H3;/q-3;. The van der Waals surface area contributed by atoms with Gasteiger partial charge in [-0.1, -0.05) is 103 Å². The van der Waals surface area contributed by atoms with Crippen LogP contribution in [-0.4, -0.2) is 23.6 Å². The largest absolute Gasteiger partial charge is 0.504 e. The Morgan fingerprint density at radius 2 is 1.34 bits per heavy atom. The molecule has 1 aliphatic rings. The van der Waals surface area contributed by atoms with Gasteiger partial charge in [0, 0.05) is 51.2 Å². The third-order valence-corrected chi connectivity index (χ3v) is 9.87. The molecule has 1 aliphatic heterocycles. The van der Waals surface area contributed by atoms with E-state index in [0.717, 1.165) is 45.0 Å². The minimum Gasteiger partial charge on any atom is -0.504 e. The van der Waals surface area contributed by atoms with Crippen molar-refractivity contribution in [3.8, 4) is 5.82 Å². The molecule has 0 saturated heterocycles. The Morgan fingerprint density at radius 3 is 2.04 bits per heavy atom. The first kappa shape index (κ1) is 35.7. The molecule has 3 heterocycles. The fraction of sp³-hybridized carbons (Fsp3) is 0.318. The minimum atomic E-state index is -0.0617. The maximum atomic E-state index is 4.88. The van der Waals surface area contributed by atoms with Crippen molar-refractivity contribution in [2.75, 3.05) is 28.8 Å². The van der Waals surface area contributed by atoms with Gasteiger partial charge >= 0.3 is 0 Å². The topological polar surface area (TPSA) is 27.5 Å². The van der Waals surface area contributed by atoms with Crippen LogP contribution >= 0.6 is 0 Å². The van der Waals surface area contributed by atoms with Gasteiger partial charge in [-0.05, 0) is 70.1 Å². The number of hydrogen-bond acceptors (Lipinski definition) is 4. The molecule has 0 aliphatic carbocycles. The molecule has 0 saturated carbocycles. The van der Waals surface area contributed by atoms with Crippen LogP contribution in [0, 0.1) is 18.8 Å². The van der Waals surface area contributed by atoms with Gasteiger partial charge in [0.2, 0.25) is 0 Å². The maximum absolute atomic E-state index is 4.88. The second-order valence-corrected chi connectivity index (χ2v) is 16.6. The summed E-state index contributed by atoms with van der Waals surface area (Å²) in [6.07, 6.45) is 1.93. The molecule has 0 spiro atoms. The summed E-state index contributed by atoms with van der Waals surface area (Å²) < 4.78 is 2.26. The van der Waals surface area contributed by atoms with E-state index in [1.54, 1.807) is 0 Å². The van der Waals surface area contributed by atoms with E-state index in [1.807, 2.05) is 6.20 Å². The van der Waals surface area contributed by atoms with E-state index in [2.05, 4.69) is 193 Å². The average Bonchev–Trinajstić information content (AvgIpc) is 3.57. The average molecular weight is 842 g/mol. The zero-order valence-corrected chi connectivity index (χ0v) is 33.5. The number of anilines is 5. The Labute approximate surface area is 313 Å². The van der Waals surface area contributed by atoms with Crippen molar-refractivity contribution in [1.29, 1.82) is 0 Å². The van der Waals surface area contributed by atoms with E-state index in [9.17, 15) is 0 Å². The van der Waals surface area contributed by atoms with Crippen molar-refractivity contribution in [2.45, 2.75) is 78.6 Å². The SMILES string of the molecule is CN1[CH-]N(c2[c-]c(N(C)c3[c-]c4c(cc3)c3ccccc3n4-c3cc(C(C)(C)C)ccn3)cc(C(C)(C)C)c2)c2ccc(C(C)(C)C)cc21.[Pt]. The molecule has 0 atom stereocenters. The third-order valence-electron chi connectivity index (χ3n) is 9.87. The van der Waals surface area contributed by atoms with Gasteiger partial charge in [-0.15, -0.1) is 47.0 Å². The van der Waals surface area contributed by atoms with E-state index < -0.39 is 0 Å². The Kier molecular flexibility index (Phi) is 9.01. The molecule has 6 aromatic rings. The van der Waals surface area contributed by atoms with E-state index in [1.165, 1.54) is 27.8 Å². The number of fused-ring (bicyclic) bond motifs is 4. The van der Waals surface area contributed by atoms with Crippen molar-refractivity contribution in [3.05, 3.63) is 121 Å². The van der Waals surface area contributed by atoms with Gasteiger partial charge in [0.25, 0.3) is 0 Å². The monoisotopic (exact) mass is 841 g/mol. The van der Waals surface area contributed by atoms with Crippen LogP contribution in [0.1, 0.15) is 79.0 Å². The smallest absolute Gasteiger partial charge is 0.135 e. The Morgan fingerprint density at radius 1 is 0.660 bits per heavy atom. The fourth-order valence-electron chi connectivity index (χ4n) is 6.70. The van der Waals surface area contributed by atoms with Crippen LogP contribution in [0.3, 0.4) is 0 Å². The van der Waals surface area contributed by atoms with Crippen molar-refractivity contribution in [1.82, 2.24) is 9.55 Å². The van der Waals surface area contributed by atoms with Crippen molar-refractivity contribution in [3.63, 3.8) is 0 Å². The van der Waals surface area contributed by atoms with E-state index in [0.29, 0.717) is 0 Å². The van der Waals surface area contributed by atoms with Gasteiger partial charge in [-0.2, -0.15) is 12.7 Å². The molecule has 262 valence electrons. The molecule has 50 heavy (non-hydrogen) atoms. The number of aromatic nitrogens is 2. The molecular weight excluding hydrogens is 794 g/mol. The van der Waals surface area contributed by atoms with Crippen LogP contribution in [0.4, 0.5) is 28.4 Å². The molecule has 0 bridgehead atoms. The molecule has 5 nitrogen and oxygen atoms in total. The summed E-state index contributed by atoms with van der Waals surface area (Å²) in [7, 11) is 4.25. The van der Waals surface area contributed by atoms with E-state index in [-0.39, 0.29) is 37.3 Å². The van der Waals surface area contributed by atoms with Gasteiger partial charge < -0.3 is 19.3 Å². The third kappa shape index (κ3) is 6.34. The first-order chi connectivity index (χ1) is 23.0. The molecule has 0 N–H and O–H groups in total. The number of rotatable bonds is 4. The van der Waals surface area contributed by atoms with Gasteiger partial charge in [0.15, 0.2) is 0 Å². The molecular formula is C44H48N5Pt-3. The summed E-state index contributed by atoms with van der Waals surface area (Å²) in [6.45, 7) is 22.5. The molecule has 0 fully saturated rings. The zero-order chi connectivity index (χ0) is 35.0. The molecule has 0 unspecified atom stereocenters. The predicted octanol–water partition coefficient (Wildman–Crippen LogP) is 11.1. The van der Waals surface area contributed by atoms with E-state index >= 15 is 0 Å². The van der Waals surface area contributed by atoms with Gasteiger partial charge in [0.05, 0.1) is 0 Å². The first-order valence-electron chi connectivity index (χ1n) is 17.3. The summed E-state index contributed by atoms with van der Waals surface area (Å²) in [6, 6.07) is 36.3.